The van der Waals surface area contributed by atoms with Crippen molar-refractivity contribution < 1.29 is 14.4 Å². The van der Waals surface area contributed by atoms with Gasteiger partial charge in [-0.3, -0.25) is 9.69 Å². The van der Waals surface area contributed by atoms with Crippen LogP contribution in [-0.2, 0) is 4.79 Å². The number of anilines is 1. The highest BCUT2D eigenvalue weighted by Crippen LogP contribution is 2.30. The standard InChI is InChI=1S/C22H25N3O2/c1-16-6-5-13-24(14-16)15-25-20-8-4-3-7-19(20)21(22(25)26)23-17-9-11-18(27-2)12-10-17/h3-4,7-12,16H,5-6,13-15H2,1-2H3/p+1/t16-/m1/s1. The molecule has 4 rings (SSSR count). The number of carbonyl (C=O) groups is 1. The van der Waals surface area contributed by atoms with Gasteiger partial charge in [0.05, 0.1) is 31.6 Å². The lowest BCUT2D eigenvalue weighted by atomic mass is 10.0. The van der Waals surface area contributed by atoms with E-state index in [1.807, 2.05) is 53.4 Å². The molecule has 0 saturated carbocycles. The number of aliphatic imine (C=N–C) groups is 1. The summed E-state index contributed by atoms with van der Waals surface area (Å²) in [5.74, 6) is 1.49. The third-order valence-electron chi connectivity index (χ3n) is 5.46. The molecule has 140 valence electrons. The van der Waals surface area contributed by atoms with Crippen LogP contribution >= 0.6 is 0 Å². The number of nitrogens with zero attached hydrogens (tertiary/aromatic N) is 2. The van der Waals surface area contributed by atoms with Crippen molar-refractivity contribution in [3.05, 3.63) is 54.1 Å². The average Bonchev–Trinajstić information content (AvgIpc) is 2.95. The Bertz CT molecular complexity index is 860. The summed E-state index contributed by atoms with van der Waals surface area (Å²) in [6, 6.07) is 15.5. The second kappa shape index (κ2) is 7.53. The summed E-state index contributed by atoms with van der Waals surface area (Å²) < 4.78 is 5.20. The van der Waals surface area contributed by atoms with Crippen LogP contribution in [0.3, 0.4) is 0 Å². The third kappa shape index (κ3) is 3.60. The Kier molecular flexibility index (Phi) is 4.94. The first-order chi connectivity index (χ1) is 13.2. The molecule has 2 atom stereocenters. The Morgan fingerprint density at radius 1 is 1.19 bits per heavy atom. The maximum atomic E-state index is 13.2. The molecule has 2 aliphatic heterocycles. The molecule has 0 aliphatic carbocycles. The fourth-order valence-corrected chi connectivity index (χ4v) is 4.08. The molecule has 0 radical (unpaired) electrons. The highest BCUT2D eigenvalue weighted by Gasteiger charge is 2.36. The summed E-state index contributed by atoms with van der Waals surface area (Å²) in [5, 5.41) is 0. The summed E-state index contributed by atoms with van der Waals surface area (Å²) in [5.41, 5.74) is 3.18. The predicted octanol–water partition coefficient (Wildman–Crippen LogP) is 2.43. The number of benzene rings is 2. The number of fused-ring (bicyclic) bond motifs is 1. The number of carbonyl (C=O) groups excluding carboxylic acids is 1. The second-order valence-corrected chi connectivity index (χ2v) is 7.52. The molecule has 1 fully saturated rings. The lowest BCUT2D eigenvalue weighted by Gasteiger charge is -2.31. The molecule has 1 amide bonds. The molecular formula is C22H26N3O2+. The average molecular weight is 364 g/mol. The number of hydrogen-bond acceptors (Lipinski definition) is 3. The fraction of sp³-hybridized carbons (Fsp3) is 0.364. The zero-order valence-electron chi connectivity index (χ0n) is 15.9. The van der Waals surface area contributed by atoms with E-state index in [0.29, 0.717) is 18.3 Å². The van der Waals surface area contributed by atoms with E-state index < -0.39 is 0 Å². The van der Waals surface area contributed by atoms with Crippen LogP contribution in [0.15, 0.2) is 53.5 Å². The molecular weight excluding hydrogens is 338 g/mol. The summed E-state index contributed by atoms with van der Waals surface area (Å²) in [6.07, 6.45) is 2.52. The molecule has 0 aromatic heterocycles. The molecule has 5 nitrogen and oxygen atoms in total. The Hall–Kier alpha value is -2.66. The number of methoxy groups -OCH3 is 1. The lowest BCUT2D eigenvalue weighted by Crippen LogP contribution is -3.15. The zero-order chi connectivity index (χ0) is 18.8. The van der Waals surface area contributed by atoms with Crippen LogP contribution in [0.5, 0.6) is 5.75 Å². The molecule has 2 aromatic carbocycles. The molecule has 0 spiro atoms. The Morgan fingerprint density at radius 3 is 2.70 bits per heavy atom. The lowest BCUT2D eigenvalue weighted by molar-refractivity contribution is -0.907. The maximum Gasteiger partial charge on any atom is 0.281 e. The van der Waals surface area contributed by atoms with Crippen LogP contribution in [0.4, 0.5) is 11.4 Å². The minimum absolute atomic E-state index is 0.00209. The molecule has 2 aromatic rings. The third-order valence-corrected chi connectivity index (χ3v) is 5.46. The number of para-hydroxylation sites is 1. The Balaban J connectivity index is 1.63. The first kappa shape index (κ1) is 17.7. The van der Waals surface area contributed by atoms with Crippen molar-refractivity contribution in [3.63, 3.8) is 0 Å². The Labute approximate surface area is 160 Å². The van der Waals surface area contributed by atoms with Gasteiger partial charge >= 0.3 is 0 Å². The van der Waals surface area contributed by atoms with Crippen molar-refractivity contribution in [2.75, 3.05) is 31.8 Å². The molecule has 5 heteroatoms. The first-order valence-electron chi connectivity index (χ1n) is 9.63. The van der Waals surface area contributed by atoms with Crippen molar-refractivity contribution in [2.24, 2.45) is 10.9 Å². The van der Waals surface area contributed by atoms with Crippen LogP contribution in [0.25, 0.3) is 0 Å². The van der Waals surface area contributed by atoms with Gasteiger partial charge < -0.3 is 9.64 Å². The largest absolute Gasteiger partial charge is 0.497 e. The molecule has 1 unspecified atom stereocenters. The number of quaternary nitrogens is 1. The summed E-state index contributed by atoms with van der Waals surface area (Å²) in [6.45, 7) is 5.26. The first-order valence-corrected chi connectivity index (χ1v) is 9.63. The number of nitrogens with one attached hydrogen (secondary N) is 1. The van der Waals surface area contributed by atoms with E-state index in [0.717, 1.165) is 35.8 Å². The van der Waals surface area contributed by atoms with E-state index in [1.165, 1.54) is 17.7 Å². The fourth-order valence-electron chi connectivity index (χ4n) is 4.08. The molecule has 2 aliphatic rings. The normalized spacial score (nSPS) is 23.6. The summed E-state index contributed by atoms with van der Waals surface area (Å²) in [7, 11) is 1.64. The number of likely N-dealkylation sites (tertiary alicyclic amines) is 1. The minimum Gasteiger partial charge on any atom is -0.497 e. The van der Waals surface area contributed by atoms with E-state index in [2.05, 4.69) is 11.9 Å². The van der Waals surface area contributed by atoms with Gasteiger partial charge in [0.1, 0.15) is 11.5 Å². The van der Waals surface area contributed by atoms with Gasteiger partial charge in [-0.25, -0.2) is 4.99 Å². The Morgan fingerprint density at radius 2 is 1.96 bits per heavy atom. The van der Waals surface area contributed by atoms with Crippen LogP contribution in [0.1, 0.15) is 25.3 Å². The van der Waals surface area contributed by atoms with Gasteiger partial charge in [0.2, 0.25) is 0 Å². The highest BCUT2D eigenvalue weighted by atomic mass is 16.5. The molecule has 0 bridgehead atoms. The monoisotopic (exact) mass is 364 g/mol. The van der Waals surface area contributed by atoms with Gasteiger partial charge in [0.15, 0.2) is 6.67 Å². The second-order valence-electron chi connectivity index (χ2n) is 7.52. The van der Waals surface area contributed by atoms with Crippen molar-refractivity contribution in [1.82, 2.24) is 0 Å². The van der Waals surface area contributed by atoms with E-state index in [1.54, 1.807) is 7.11 Å². The number of rotatable bonds is 4. The van der Waals surface area contributed by atoms with Gasteiger partial charge in [-0.1, -0.05) is 25.1 Å². The predicted molar refractivity (Wildman–Crippen MR) is 107 cm³/mol. The van der Waals surface area contributed by atoms with Gasteiger partial charge in [-0.2, -0.15) is 0 Å². The molecule has 1 saturated heterocycles. The number of hydrogen-bond donors (Lipinski definition) is 1. The van der Waals surface area contributed by atoms with Crippen molar-refractivity contribution in [1.29, 1.82) is 0 Å². The van der Waals surface area contributed by atoms with Crippen LogP contribution < -0.4 is 14.5 Å². The van der Waals surface area contributed by atoms with Crippen LogP contribution in [0.2, 0.25) is 0 Å². The van der Waals surface area contributed by atoms with Crippen molar-refractivity contribution in [3.8, 4) is 5.75 Å². The van der Waals surface area contributed by atoms with Crippen LogP contribution in [-0.4, -0.2) is 38.5 Å². The van der Waals surface area contributed by atoms with Crippen molar-refractivity contribution in [2.45, 2.75) is 19.8 Å². The summed E-state index contributed by atoms with van der Waals surface area (Å²) in [4.78, 5) is 21.3. The molecule has 27 heavy (non-hydrogen) atoms. The van der Waals surface area contributed by atoms with E-state index in [9.17, 15) is 4.79 Å². The van der Waals surface area contributed by atoms with E-state index in [-0.39, 0.29) is 5.91 Å². The van der Waals surface area contributed by atoms with Gasteiger partial charge in [-0.05, 0) is 43.2 Å². The smallest absolute Gasteiger partial charge is 0.281 e. The van der Waals surface area contributed by atoms with Gasteiger partial charge in [-0.15, -0.1) is 0 Å². The SMILES string of the molecule is COc1ccc(N=C2C(=O)N(C[NH+]3CCC[C@@H](C)C3)c3ccccc32)cc1. The molecule has 2 heterocycles. The van der Waals surface area contributed by atoms with E-state index in [4.69, 9.17) is 4.74 Å². The quantitative estimate of drug-likeness (QED) is 0.906. The highest BCUT2D eigenvalue weighted by molar-refractivity contribution is 6.54. The van der Waals surface area contributed by atoms with Gasteiger partial charge in [0.25, 0.3) is 5.91 Å². The van der Waals surface area contributed by atoms with E-state index >= 15 is 0 Å². The maximum absolute atomic E-state index is 13.2. The minimum atomic E-state index is -0.00209. The number of amides is 1. The van der Waals surface area contributed by atoms with Gasteiger partial charge in [0, 0.05) is 11.5 Å². The summed E-state index contributed by atoms with van der Waals surface area (Å²) >= 11 is 0. The topological polar surface area (TPSA) is 46.3 Å². The zero-order valence-corrected chi connectivity index (χ0v) is 15.9. The van der Waals surface area contributed by atoms with Crippen LogP contribution in [0, 0.1) is 5.92 Å². The van der Waals surface area contributed by atoms with Crippen molar-refractivity contribution >= 4 is 23.0 Å². The molecule has 1 N–H and O–H groups in total. The number of ether oxygens (including phenoxy) is 1. The number of piperidine rings is 1.